The summed E-state index contributed by atoms with van der Waals surface area (Å²) in [6.07, 6.45) is -10.1. The van der Waals surface area contributed by atoms with E-state index in [0.717, 1.165) is 11.0 Å². The van der Waals surface area contributed by atoms with E-state index in [2.05, 4.69) is 5.32 Å². The third kappa shape index (κ3) is 3.52. The summed E-state index contributed by atoms with van der Waals surface area (Å²) in [6, 6.07) is -0.424. The Morgan fingerprint density at radius 2 is 1.59 bits per heavy atom. The van der Waals surface area contributed by atoms with Crippen LogP contribution in [0.2, 0.25) is 0 Å². The molecule has 1 aromatic rings. The highest BCUT2D eigenvalue weighted by atomic mass is 19.4. The van der Waals surface area contributed by atoms with Crippen LogP contribution >= 0.6 is 0 Å². The Hall–Kier alpha value is -1.35. The normalized spacial score (nSPS) is 19.2. The second-order valence-corrected chi connectivity index (χ2v) is 4.93. The van der Waals surface area contributed by atoms with Gasteiger partial charge < -0.3 is 5.32 Å². The zero-order chi connectivity index (χ0) is 16.5. The zero-order valence-corrected chi connectivity index (χ0v) is 11.2. The summed E-state index contributed by atoms with van der Waals surface area (Å²) >= 11 is 0. The Morgan fingerprint density at radius 1 is 1.00 bits per heavy atom. The lowest BCUT2D eigenvalue weighted by Crippen LogP contribution is -2.49. The number of halogens is 7. The molecule has 0 bridgehead atoms. The van der Waals surface area contributed by atoms with Crippen LogP contribution in [0.15, 0.2) is 18.2 Å². The van der Waals surface area contributed by atoms with E-state index in [1.165, 1.54) is 0 Å². The van der Waals surface area contributed by atoms with E-state index in [9.17, 15) is 30.7 Å². The quantitative estimate of drug-likeness (QED) is 0.837. The summed E-state index contributed by atoms with van der Waals surface area (Å²) in [5, 5.41) is 2.82. The van der Waals surface area contributed by atoms with E-state index in [4.69, 9.17) is 0 Å². The van der Waals surface area contributed by atoms with Crippen molar-refractivity contribution in [3.63, 3.8) is 0 Å². The summed E-state index contributed by atoms with van der Waals surface area (Å²) < 4.78 is 92.5. The molecule has 1 N–H and O–H groups in total. The van der Waals surface area contributed by atoms with Crippen LogP contribution in [0.1, 0.15) is 17.2 Å². The van der Waals surface area contributed by atoms with Crippen molar-refractivity contribution in [1.82, 2.24) is 10.2 Å². The molecule has 0 radical (unpaired) electrons. The molecule has 1 saturated heterocycles. The van der Waals surface area contributed by atoms with E-state index in [-0.39, 0.29) is 26.2 Å². The second kappa shape index (κ2) is 6.04. The molecule has 0 unspecified atom stereocenters. The number of benzene rings is 1. The fourth-order valence-corrected chi connectivity index (χ4v) is 2.59. The molecular formula is C13H13F7N2. The second-order valence-electron chi connectivity index (χ2n) is 4.93. The highest BCUT2D eigenvalue weighted by Gasteiger charge is 2.49. The molecule has 2 rings (SSSR count). The molecule has 22 heavy (non-hydrogen) atoms. The van der Waals surface area contributed by atoms with Crippen molar-refractivity contribution < 1.29 is 30.7 Å². The van der Waals surface area contributed by atoms with Crippen LogP contribution in [0.25, 0.3) is 0 Å². The highest BCUT2D eigenvalue weighted by molar-refractivity contribution is 5.35. The molecule has 1 aromatic carbocycles. The van der Waals surface area contributed by atoms with Crippen LogP contribution in [0.4, 0.5) is 30.7 Å². The van der Waals surface area contributed by atoms with Gasteiger partial charge in [0.15, 0.2) is 0 Å². The van der Waals surface area contributed by atoms with Crippen molar-refractivity contribution >= 4 is 0 Å². The van der Waals surface area contributed by atoms with Crippen molar-refractivity contribution in [1.29, 1.82) is 0 Å². The summed E-state index contributed by atoms with van der Waals surface area (Å²) in [6.45, 7) is 0.308. The van der Waals surface area contributed by atoms with Crippen LogP contribution in [-0.4, -0.2) is 37.3 Å². The lowest BCUT2D eigenvalue weighted by molar-refractivity contribution is -0.191. The number of piperazine rings is 1. The van der Waals surface area contributed by atoms with E-state index >= 15 is 0 Å². The summed E-state index contributed by atoms with van der Waals surface area (Å²) in [4.78, 5) is 0.889. The average molecular weight is 330 g/mol. The van der Waals surface area contributed by atoms with Gasteiger partial charge in [0, 0.05) is 26.2 Å². The first kappa shape index (κ1) is 17.0. The Kier molecular flexibility index (Phi) is 4.67. The van der Waals surface area contributed by atoms with E-state index in [1.807, 2.05) is 0 Å². The smallest absolute Gasteiger partial charge is 0.314 e. The Balaban J connectivity index is 2.55. The lowest BCUT2D eigenvalue weighted by Gasteiger charge is -2.37. The molecule has 0 amide bonds. The third-order valence-electron chi connectivity index (χ3n) is 3.45. The van der Waals surface area contributed by atoms with Crippen LogP contribution in [0.3, 0.4) is 0 Å². The number of nitrogens with zero attached hydrogens (tertiary/aromatic N) is 1. The van der Waals surface area contributed by atoms with Gasteiger partial charge in [-0.2, -0.15) is 26.3 Å². The average Bonchev–Trinajstić information content (AvgIpc) is 2.37. The summed E-state index contributed by atoms with van der Waals surface area (Å²) in [7, 11) is 0. The van der Waals surface area contributed by atoms with Crippen LogP contribution in [0, 0.1) is 5.82 Å². The standard InChI is InChI=1S/C13H13F7N2/c14-9-3-1-2-8(10(9)12(15,16)17)11(13(18,19)20)22-6-4-21-5-7-22/h1-3,11,21H,4-7H2/t11-/m0/s1. The summed E-state index contributed by atoms with van der Waals surface area (Å²) in [5.41, 5.74) is -2.95. The SMILES string of the molecule is Fc1cccc([C@H](N2CCNCC2)C(F)(F)F)c1C(F)(F)F. The fraction of sp³-hybridized carbons (Fsp3) is 0.538. The van der Waals surface area contributed by atoms with Crippen molar-refractivity contribution in [2.45, 2.75) is 18.4 Å². The first-order valence-corrected chi connectivity index (χ1v) is 6.49. The van der Waals surface area contributed by atoms with Crippen molar-refractivity contribution in [2.24, 2.45) is 0 Å². The van der Waals surface area contributed by atoms with Crippen LogP contribution in [-0.2, 0) is 6.18 Å². The van der Waals surface area contributed by atoms with Gasteiger partial charge in [-0.15, -0.1) is 0 Å². The lowest BCUT2D eigenvalue weighted by atomic mass is 9.97. The van der Waals surface area contributed by atoms with Gasteiger partial charge in [-0.3, -0.25) is 4.90 Å². The van der Waals surface area contributed by atoms with Crippen molar-refractivity contribution in [3.8, 4) is 0 Å². The predicted molar refractivity (Wildman–Crippen MR) is 64.6 cm³/mol. The van der Waals surface area contributed by atoms with Gasteiger partial charge in [0.1, 0.15) is 11.9 Å². The topological polar surface area (TPSA) is 15.3 Å². The van der Waals surface area contributed by atoms with Gasteiger partial charge in [0.05, 0.1) is 5.56 Å². The molecular weight excluding hydrogens is 317 g/mol. The minimum absolute atomic E-state index is 0.0714. The van der Waals surface area contributed by atoms with Gasteiger partial charge >= 0.3 is 12.4 Å². The molecule has 1 heterocycles. The van der Waals surface area contributed by atoms with Crippen molar-refractivity contribution in [2.75, 3.05) is 26.2 Å². The molecule has 0 spiro atoms. The van der Waals surface area contributed by atoms with Crippen LogP contribution in [0.5, 0.6) is 0 Å². The van der Waals surface area contributed by atoms with Gasteiger partial charge in [0.2, 0.25) is 0 Å². The Morgan fingerprint density at radius 3 is 2.09 bits per heavy atom. The van der Waals surface area contributed by atoms with Gasteiger partial charge in [-0.1, -0.05) is 12.1 Å². The molecule has 0 aromatic heterocycles. The Labute approximate surface area is 121 Å². The predicted octanol–water partition coefficient (Wildman–Crippen LogP) is 3.35. The molecule has 1 fully saturated rings. The molecule has 1 aliphatic rings. The number of nitrogens with one attached hydrogen (secondary N) is 1. The van der Waals surface area contributed by atoms with Gasteiger partial charge in [0.25, 0.3) is 0 Å². The zero-order valence-electron chi connectivity index (χ0n) is 11.2. The summed E-state index contributed by atoms with van der Waals surface area (Å²) in [5.74, 6) is -1.70. The molecule has 0 aliphatic carbocycles. The molecule has 0 saturated carbocycles. The first-order chi connectivity index (χ1) is 10.1. The minimum atomic E-state index is -5.20. The number of rotatable bonds is 2. The largest absolute Gasteiger partial charge is 0.419 e. The maximum absolute atomic E-state index is 13.5. The van der Waals surface area contributed by atoms with Gasteiger partial charge in [-0.05, 0) is 11.6 Å². The molecule has 2 nitrogen and oxygen atoms in total. The van der Waals surface area contributed by atoms with E-state index in [1.54, 1.807) is 0 Å². The molecule has 9 heteroatoms. The maximum atomic E-state index is 13.5. The van der Waals surface area contributed by atoms with Crippen LogP contribution < -0.4 is 5.32 Å². The molecule has 1 atom stereocenters. The first-order valence-electron chi connectivity index (χ1n) is 6.49. The monoisotopic (exact) mass is 330 g/mol. The number of alkyl halides is 6. The fourth-order valence-electron chi connectivity index (χ4n) is 2.59. The molecule has 1 aliphatic heterocycles. The molecule has 124 valence electrons. The van der Waals surface area contributed by atoms with Crippen molar-refractivity contribution in [3.05, 3.63) is 35.1 Å². The Bertz CT molecular complexity index is 518. The third-order valence-corrected chi connectivity index (χ3v) is 3.45. The highest BCUT2D eigenvalue weighted by Crippen LogP contribution is 2.44. The maximum Gasteiger partial charge on any atom is 0.419 e. The van der Waals surface area contributed by atoms with E-state index < -0.39 is 35.3 Å². The number of hydrogen-bond donors (Lipinski definition) is 1. The minimum Gasteiger partial charge on any atom is -0.314 e. The number of hydrogen-bond acceptors (Lipinski definition) is 2. The van der Waals surface area contributed by atoms with Gasteiger partial charge in [-0.25, -0.2) is 4.39 Å². The van der Waals surface area contributed by atoms with E-state index in [0.29, 0.717) is 12.1 Å².